The van der Waals surface area contributed by atoms with Crippen molar-refractivity contribution in [3.63, 3.8) is 0 Å². The third-order valence-corrected chi connectivity index (χ3v) is 5.38. The first-order chi connectivity index (χ1) is 13.5. The van der Waals surface area contributed by atoms with Gasteiger partial charge in [0, 0.05) is 43.3 Å². The molecule has 0 bridgehead atoms. The second-order valence-electron chi connectivity index (χ2n) is 7.30. The van der Waals surface area contributed by atoms with Gasteiger partial charge < -0.3 is 14.5 Å². The number of carbonyl (C=O) groups is 1. The molecule has 3 aromatic rings. The smallest absolute Gasteiger partial charge is 0.255 e. The van der Waals surface area contributed by atoms with E-state index in [0.717, 1.165) is 41.1 Å². The number of rotatable bonds is 3. The fourth-order valence-corrected chi connectivity index (χ4v) is 3.75. The Morgan fingerprint density at radius 2 is 1.79 bits per heavy atom. The number of aryl methyl sites for hydroxylation is 2. The minimum atomic E-state index is 0.0682. The van der Waals surface area contributed by atoms with Gasteiger partial charge in [0.25, 0.3) is 5.91 Å². The van der Waals surface area contributed by atoms with Crippen molar-refractivity contribution in [1.82, 2.24) is 9.88 Å². The van der Waals surface area contributed by atoms with Crippen LogP contribution in [0.1, 0.15) is 21.6 Å². The topological polar surface area (TPSA) is 45.7 Å². The van der Waals surface area contributed by atoms with E-state index in [9.17, 15) is 4.79 Å². The highest BCUT2D eigenvalue weighted by Crippen LogP contribution is 2.24. The predicted molar refractivity (Wildman–Crippen MR) is 112 cm³/mol. The lowest BCUT2D eigenvalue weighted by Crippen LogP contribution is -2.49. The number of ether oxygens (including phenoxy) is 1. The number of hydrogen-bond donors (Lipinski definition) is 0. The van der Waals surface area contributed by atoms with Crippen molar-refractivity contribution < 1.29 is 9.53 Å². The van der Waals surface area contributed by atoms with E-state index in [1.165, 1.54) is 5.56 Å². The number of piperazine rings is 1. The van der Waals surface area contributed by atoms with Gasteiger partial charge in [-0.25, -0.2) is 0 Å². The van der Waals surface area contributed by atoms with Gasteiger partial charge >= 0.3 is 0 Å². The normalized spacial score (nSPS) is 14.4. The lowest BCUT2D eigenvalue weighted by Gasteiger charge is -2.36. The standard InChI is InChI=1S/C23H25N3O2/c1-16-7-8-22-18(13-16)14-21(17(2)24-22)23(27)26-11-9-25(10-12-26)19-5-4-6-20(15-19)28-3/h4-8,13-15H,9-12H2,1-3H3. The summed E-state index contributed by atoms with van der Waals surface area (Å²) in [6.45, 7) is 6.97. The van der Waals surface area contributed by atoms with Crippen molar-refractivity contribution in [2.75, 3.05) is 38.2 Å². The lowest BCUT2D eigenvalue weighted by molar-refractivity contribution is 0.0745. The number of pyridine rings is 1. The molecule has 1 aliphatic heterocycles. The van der Waals surface area contributed by atoms with E-state index in [0.29, 0.717) is 18.7 Å². The molecule has 0 radical (unpaired) electrons. The minimum absolute atomic E-state index is 0.0682. The number of fused-ring (bicyclic) bond motifs is 1. The summed E-state index contributed by atoms with van der Waals surface area (Å²) in [5.74, 6) is 0.919. The number of nitrogens with zero attached hydrogens (tertiary/aromatic N) is 3. The molecule has 0 atom stereocenters. The number of methoxy groups -OCH3 is 1. The highest BCUT2D eigenvalue weighted by atomic mass is 16.5. The molecule has 1 fully saturated rings. The Bertz CT molecular complexity index is 1020. The van der Waals surface area contributed by atoms with Gasteiger partial charge in [-0.1, -0.05) is 17.7 Å². The van der Waals surface area contributed by atoms with Crippen molar-refractivity contribution in [2.45, 2.75) is 13.8 Å². The zero-order chi connectivity index (χ0) is 19.7. The Kier molecular flexibility index (Phi) is 4.90. The summed E-state index contributed by atoms with van der Waals surface area (Å²) >= 11 is 0. The average Bonchev–Trinajstić information content (AvgIpc) is 2.73. The van der Waals surface area contributed by atoms with Crippen molar-refractivity contribution in [1.29, 1.82) is 0 Å². The maximum Gasteiger partial charge on any atom is 0.255 e. The molecule has 2 heterocycles. The van der Waals surface area contributed by atoms with E-state index >= 15 is 0 Å². The van der Waals surface area contributed by atoms with E-state index < -0.39 is 0 Å². The number of hydrogen-bond acceptors (Lipinski definition) is 4. The molecular formula is C23H25N3O2. The molecule has 1 aromatic heterocycles. The summed E-state index contributed by atoms with van der Waals surface area (Å²) < 4.78 is 5.32. The summed E-state index contributed by atoms with van der Waals surface area (Å²) in [6.07, 6.45) is 0. The molecule has 4 rings (SSSR count). The van der Waals surface area contributed by atoms with Crippen LogP contribution in [-0.2, 0) is 0 Å². The quantitative estimate of drug-likeness (QED) is 0.698. The van der Waals surface area contributed by atoms with Gasteiger partial charge in [0.05, 0.1) is 23.9 Å². The second kappa shape index (κ2) is 7.50. The van der Waals surface area contributed by atoms with E-state index in [1.54, 1.807) is 7.11 Å². The van der Waals surface area contributed by atoms with Crippen molar-refractivity contribution in [3.8, 4) is 5.75 Å². The van der Waals surface area contributed by atoms with Gasteiger partial charge in [-0.2, -0.15) is 0 Å². The molecule has 5 heteroatoms. The van der Waals surface area contributed by atoms with Gasteiger partial charge in [0.15, 0.2) is 0 Å². The zero-order valence-electron chi connectivity index (χ0n) is 16.6. The van der Waals surface area contributed by atoms with Crippen LogP contribution in [0.5, 0.6) is 5.75 Å². The molecule has 5 nitrogen and oxygen atoms in total. The van der Waals surface area contributed by atoms with E-state index in [-0.39, 0.29) is 5.91 Å². The Labute approximate surface area is 165 Å². The predicted octanol–water partition coefficient (Wildman–Crippen LogP) is 3.82. The summed E-state index contributed by atoms with van der Waals surface area (Å²) in [5.41, 5.74) is 4.72. The van der Waals surface area contributed by atoms with Crippen LogP contribution in [0, 0.1) is 13.8 Å². The van der Waals surface area contributed by atoms with Crippen molar-refractivity contribution in [2.24, 2.45) is 0 Å². The van der Waals surface area contributed by atoms with Crippen LogP contribution >= 0.6 is 0 Å². The van der Waals surface area contributed by atoms with Crippen LogP contribution in [0.25, 0.3) is 10.9 Å². The van der Waals surface area contributed by atoms with Crippen LogP contribution in [0.2, 0.25) is 0 Å². The lowest BCUT2D eigenvalue weighted by atomic mass is 10.1. The Balaban J connectivity index is 1.51. The summed E-state index contributed by atoms with van der Waals surface area (Å²) in [6, 6.07) is 16.2. The first kappa shape index (κ1) is 18.3. The molecule has 144 valence electrons. The molecule has 1 amide bonds. The highest BCUT2D eigenvalue weighted by molar-refractivity contribution is 5.98. The van der Waals surface area contributed by atoms with E-state index in [1.807, 2.05) is 48.2 Å². The third-order valence-electron chi connectivity index (χ3n) is 5.38. The summed E-state index contributed by atoms with van der Waals surface area (Å²) in [4.78, 5) is 22.0. The zero-order valence-corrected chi connectivity index (χ0v) is 16.6. The third kappa shape index (κ3) is 3.52. The second-order valence-corrected chi connectivity index (χ2v) is 7.30. The Morgan fingerprint density at radius 1 is 1.00 bits per heavy atom. The van der Waals surface area contributed by atoms with Crippen LogP contribution < -0.4 is 9.64 Å². The van der Waals surface area contributed by atoms with Crippen LogP contribution in [-0.4, -0.2) is 49.1 Å². The molecule has 0 saturated carbocycles. The fourth-order valence-electron chi connectivity index (χ4n) is 3.75. The SMILES string of the molecule is COc1cccc(N2CCN(C(=O)c3cc4cc(C)ccc4nc3C)CC2)c1. The molecule has 1 aliphatic rings. The van der Waals surface area contributed by atoms with Gasteiger partial charge in [0.2, 0.25) is 0 Å². The largest absolute Gasteiger partial charge is 0.497 e. The van der Waals surface area contributed by atoms with Gasteiger partial charge in [0.1, 0.15) is 5.75 Å². The van der Waals surface area contributed by atoms with Gasteiger partial charge in [-0.05, 0) is 44.2 Å². The van der Waals surface area contributed by atoms with Crippen molar-refractivity contribution in [3.05, 3.63) is 65.4 Å². The maximum absolute atomic E-state index is 13.1. The first-order valence-corrected chi connectivity index (χ1v) is 9.61. The number of carbonyl (C=O) groups excluding carboxylic acids is 1. The molecule has 0 spiro atoms. The molecule has 1 saturated heterocycles. The van der Waals surface area contributed by atoms with Gasteiger partial charge in [-0.3, -0.25) is 9.78 Å². The van der Waals surface area contributed by atoms with Gasteiger partial charge in [-0.15, -0.1) is 0 Å². The van der Waals surface area contributed by atoms with E-state index in [2.05, 4.69) is 28.9 Å². The highest BCUT2D eigenvalue weighted by Gasteiger charge is 2.24. The first-order valence-electron chi connectivity index (χ1n) is 9.61. The maximum atomic E-state index is 13.1. The number of anilines is 1. The monoisotopic (exact) mass is 375 g/mol. The fraction of sp³-hybridized carbons (Fsp3) is 0.304. The average molecular weight is 375 g/mol. The molecule has 0 aliphatic carbocycles. The van der Waals surface area contributed by atoms with Crippen LogP contribution in [0.4, 0.5) is 5.69 Å². The summed E-state index contributed by atoms with van der Waals surface area (Å²) in [7, 11) is 1.68. The molecule has 0 unspecified atom stereocenters. The Hall–Kier alpha value is -3.08. The molecular weight excluding hydrogens is 350 g/mol. The number of amides is 1. The van der Waals surface area contributed by atoms with Crippen LogP contribution in [0.3, 0.4) is 0 Å². The molecule has 2 aromatic carbocycles. The number of benzene rings is 2. The van der Waals surface area contributed by atoms with E-state index in [4.69, 9.17) is 4.74 Å². The van der Waals surface area contributed by atoms with Crippen molar-refractivity contribution >= 4 is 22.5 Å². The molecule has 0 N–H and O–H groups in total. The number of aromatic nitrogens is 1. The van der Waals surface area contributed by atoms with Crippen LogP contribution in [0.15, 0.2) is 48.5 Å². The Morgan fingerprint density at radius 3 is 2.54 bits per heavy atom. The minimum Gasteiger partial charge on any atom is -0.497 e. The molecule has 28 heavy (non-hydrogen) atoms. The summed E-state index contributed by atoms with van der Waals surface area (Å²) in [5, 5.41) is 1.02.